The largest absolute Gasteiger partial charge is 0.478 e. The number of carbonyl (C=O) groups excluding carboxylic acids is 1. The van der Waals surface area contributed by atoms with Crippen molar-refractivity contribution < 1.29 is 14.3 Å². The summed E-state index contributed by atoms with van der Waals surface area (Å²) in [4.78, 5) is 20.7. The Morgan fingerprint density at radius 2 is 2.09 bits per heavy atom. The average molecular weight is 334 g/mol. The molecular weight excluding hydrogens is 312 g/mol. The van der Waals surface area contributed by atoms with Gasteiger partial charge in [0.2, 0.25) is 5.88 Å². The summed E-state index contributed by atoms with van der Waals surface area (Å²) in [6.07, 6.45) is 2.37. The number of hydrogen-bond donors (Lipinski definition) is 0. The first kappa shape index (κ1) is 17.4. The topological polar surface area (TPSA) is 51.7 Å². The summed E-state index contributed by atoms with van der Waals surface area (Å²) in [6.45, 7) is 3.87. The van der Waals surface area contributed by atoms with E-state index in [1.807, 2.05) is 0 Å². The quantitative estimate of drug-likeness (QED) is 0.696. The van der Waals surface area contributed by atoms with Crippen LogP contribution >= 0.6 is 11.3 Å². The van der Waals surface area contributed by atoms with E-state index in [2.05, 4.69) is 24.0 Å². The number of rotatable bonds is 8. The van der Waals surface area contributed by atoms with Gasteiger partial charge in [0, 0.05) is 49.2 Å². The van der Waals surface area contributed by atoms with Crippen LogP contribution < -0.4 is 4.74 Å². The zero-order chi connectivity index (χ0) is 16.7. The lowest BCUT2D eigenvalue weighted by molar-refractivity contribution is 0.0786. The minimum Gasteiger partial charge on any atom is -0.478 e. The molecule has 0 aliphatic carbocycles. The number of methoxy groups -OCH3 is 1. The molecule has 0 saturated carbocycles. The van der Waals surface area contributed by atoms with E-state index in [0.717, 1.165) is 6.42 Å². The van der Waals surface area contributed by atoms with Crippen LogP contribution in [0.3, 0.4) is 0 Å². The molecule has 0 spiro atoms. The number of aromatic nitrogens is 1. The standard InChI is InChI=1S/C17H22N2O3S/c1-13-5-7-15(23-13)12-19(2)17(20)14-6-8-16(18-11-14)22-10-4-9-21-3/h5-8,11H,4,9-10,12H2,1-3H3. The van der Waals surface area contributed by atoms with Crippen LogP contribution in [0.4, 0.5) is 0 Å². The number of pyridine rings is 1. The highest BCUT2D eigenvalue weighted by molar-refractivity contribution is 7.11. The number of thiophene rings is 1. The van der Waals surface area contributed by atoms with E-state index in [1.54, 1.807) is 48.7 Å². The molecule has 1 amide bonds. The zero-order valence-corrected chi connectivity index (χ0v) is 14.6. The second-order valence-electron chi connectivity index (χ2n) is 5.25. The molecule has 2 rings (SSSR count). The first-order valence-corrected chi connectivity index (χ1v) is 8.30. The smallest absolute Gasteiger partial charge is 0.255 e. The van der Waals surface area contributed by atoms with Crippen LogP contribution in [0.1, 0.15) is 26.5 Å². The molecule has 124 valence electrons. The van der Waals surface area contributed by atoms with E-state index in [9.17, 15) is 4.79 Å². The van der Waals surface area contributed by atoms with Gasteiger partial charge in [0.15, 0.2) is 0 Å². The van der Waals surface area contributed by atoms with E-state index >= 15 is 0 Å². The molecule has 2 heterocycles. The molecule has 5 nitrogen and oxygen atoms in total. The number of nitrogens with zero attached hydrogens (tertiary/aromatic N) is 2. The number of carbonyl (C=O) groups is 1. The summed E-state index contributed by atoms with van der Waals surface area (Å²) >= 11 is 1.70. The van der Waals surface area contributed by atoms with Crippen LogP contribution in [0.5, 0.6) is 5.88 Å². The fourth-order valence-electron chi connectivity index (χ4n) is 2.07. The summed E-state index contributed by atoms with van der Waals surface area (Å²) in [7, 11) is 3.46. The third-order valence-electron chi connectivity index (χ3n) is 3.26. The Morgan fingerprint density at radius 3 is 2.70 bits per heavy atom. The summed E-state index contributed by atoms with van der Waals surface area (Å²) in [5.41, 5.74) is 0.560. The Bertz CT molecular complexity index is 625. The van der Waals surface area contributed by atoms with Crippen molar-refractivity contribution in [3.8, 4) is 5.88 Å². The van der Waals surface area contributed by atoms with Crippen LogP contribution in [0.2, 0.25) is 0 Å². The number of aryl methyl sites for hydroxylation is 1. The number of hydrogen-bond acceptors (Lipinski definition) is 5. The molecule has 0 atom stereocenters. The van der Waals surface area contributed by atoms with Crippen molar-refractivity contribution in [3.63, 3.8) is 0 Å². The lowest BCUT2D eigenvalue weighted by Gasteiger charge is -2.16. The first-order valence-electron chi connectivity index (χ1n) is 7.48. The van der Waals surface area contributed by atoms with E-state index in [1.165, 1.54) is 9.75 Å². The lowest BCUT2D eigenvalue weighted by Crippen LogP contribution is -2.25. The van der Waals surface area contributed by atoms with Crippen LogP contribution in [0.25, 0.3) is 0 Å². The number of ether oxygens (including phenoxy) is 2. The molecule has 23 heavy (non-hydrogen) atoms. The van der Waals surface area contributed by atoms with Gasteiger partial charge in [-0.2, -0.15) is 0 Å². The molecule has 2 aromatic heterocycles. The van der Waals surface area contributed by atoms with Crippen LogP contribution in [-0.2, 0) is 11.3 Å². The maximum atomic E-state index is 12.4. The predicted octanol–water partition coefficient (Wildman–Crippen LogP) is 3.14. The number of amides is 1. The predicted molar refractivity (Wildman–Crippen MR) is 91.1 cm³/mol. The summed E-state index contributed by atoms with van der Waals surface area (Å²) in [5.74, 6) is 0.476. The van der Waals surface area contributed by atoms with Gasteiger partial charge in [-0.25, -0.2) is 4.98 Å². The van der Waals surface area contributed by atoms with Gasteiger partial charge >= 0.3 is 0 Å². The maximum Gasteiger partial charge on any atom is 0.255 e. The summed E-state index contributed by atoms with van der Waals surface area (Å²) in [5, 5.41) is 0. The lowest BCUT2D eigenvalue weighted by atomic mass is 10.2. The van der Waals surface area contributed by atoms with Crippen molar-refractivity contribution in [1.29, 1.82) is 0 Å². The molecule has 0 radical (unpaired) electrons. The molecule has 2 aromatic rings. The molecule has 6 heteroatoms. The minimum atomic E-state index is -0.0468. The average Bonchev–Trinajstić information content (AvgIpc) is 2.96. The van der Waals surface area contributed by atoms with Gasteiger partial charge in [-0.3, -0.25) is 4.79 Å². The third kappa shape index (κ3) is 5.33. The first-order chi connectivity index (χ1) is 11.1. The third-order valence-corrected chi connectivity index (χ3v) is 4.25. The second-order valence-corrected chi connectivity index (χ2v) is 6.63. The van der Waals surface area contributed by atoms with Crippen molar-refractivity contribution in [2.45, 2.75) is 19.9 Å². The Kier molecular flexibility index (Phi) is 6.55. The highest BCUT2D eigenvalue weighted by Gasteiger charge is 2.13. The fourth-order valence-corrected chi connectivity index (χ4v) is 3.01. The Labute approximate surface area is 140 Å². The Morgan fingerprint density at radius 1 is 1.26 bits per heavy atom. The van der Waals surface area contributed by atoms with Gasteiger partial charge in [-0.15, -0.1) is 11.3 Å². The Hall–Kier alpha value is -1.92. The molecule has 0 bridgehead atoms. The molecule has 0 saturated heterocycles. The summed E-state index contributed by atoms with van der Waals surface area (Å²) < 4.78 is 10.4. The van der Waals surface area contributed by atoms with Crippen molar-refractivity contribution >= 4 is 17.2 Å². The van der Waals surface area contributed by atoms with Gasteiger partial charge in [-0.05, 0) is 25.1 Å². The SMILES string of the molecule is COCCCOc1ccc(C(=O)N(C)Cc2ccc(C)s2)cn1. The van der Waals surface area contributed by atoms with E-state index < -0.39 is 0 Å². The molecule has 0 fully saturated rings. The highest BCUT2D eigenvalue weighted by atomic mass is 32.1. The molecule has 0 N–H and O–H groups in total. The molecule has 0 aliphatic rings. The monoisotopic (exact) mass is 334 g/mol. The van der Waals surface area contributed by atoms with Crippen molar-refractivity contribution in [2.24, 2.45) is 0 Å². The van der Waals surface area contributed by atoms with Crippen molar-refractivity contribution in [2.75, 3.05) is 27.4 Å². The van der Waals surface area contributed by atoms with Crippen LogP contribution in [0, 0.1) is 6.92 Å². The fraction of sp³-hybridized carbons (Fsp3) is 0.412. The highest BCUT2D eigenvalue weighted by Crippen LogP contribution is 2.18. The van der Waals surface area contributed by atoms with Crippen LogP contribution in [-0.4, -0.2) is 43.2 Å². The van der Waals surface area contributed by atoms with Gasteiger partial charge in [0.1, 0.15) is 0 Å². The van der Waals surface area contributed by atoms with Crippen molar-refractivity contribution in [3.05, 3.63) is 45.8 Å². The molecule has 0 aliphatic heterocycles. The van der Waals surface area contributed by atoms with Crippen molar-refractivity contribution in [1.82, 2.24) is 9.88 Å². The van der Waals surface area contributed by atoms with Gasteiger partial charge in [0.05, 0.1) is 18.7 Å². The molecule has 0 unspecified atom stereocenters. The van der Waals surface area contributed by atoms with E-state index in [0.29, 0.717) is 31.2 Å². The van der Waals surface area contributed by atoms with Crippen LogP contribution in [0.15, 0.2) is 30.5 Å². The maximum absolute atomic E-state index is 12.4. The van der Waals surface area contributed by atoms with Gasteiger partial charge in [-0.1, -0.05) is 0 Å². The second kappa shape index (κ2) is 8.64. The zero-order valence-electron chi connectivity index (χ0n) is 13.7. The molecular formula is C17H22N2O3S. The van der Waals surface area contributed by atoms with Gasteiger partial charge < -0.3 is 14.4 Å². The minimum absolute atomic E-state index is 0.0468. The van der Waals surface area contributed by atoms with Gasteiger partial charge in [0.25, 0.3) is 5.91 Å². The summed E-state index contributed by atoms with van der Waals surface area (Å²) in [6, 6.07) is 7.59. The van der Waals surface area contributed by atoms with E-state index in [4.69, 9.17) is 9.47 Å². The normalized spacial score (nSPS) is 10.6. The molecule has 0 aromatic carbocycles. The Balaban J connectivity index is 1.88. The van der Waals surface area contributed by atoms with E-state index in [-0.39, 0.29) is 5.91 Å².